The molecule has 2 fully saturated rings. The summed E-state index contributed by atoms with van der Waals surface area (Å²) in [6, 6.07) is 1.62. The van der Waals surface area contributed by atoms with Gasteiger partial charge >= 0.3 is 0 Å². The Morgan fingerprint density at radius 3 is 2.72 bits per heavy atom. The van der Waals surface area contributed by atoms with Gasteiger partial charge in [-0.1, -0.05) is 11.6 Å². The quantitative estimate of drug-likeness (QED) is 0.778. The van der Waals surface area contributed by atoms with Gasteiger partial charge in [0.05, 0.1) is 16.3 Å². The number of aromatic nitrogens is 2. The van der Waals surface area contributed by atoms with Crippen LogP contribution in [0, 0.1) is 18.8 Å². The molecule has 2 aromatic rings. The molecule has 2 aromatic heterocycles. The van der Waals surface area contributed by atoms with E-state index in [0.717, 1.165) is 50.8 Å². The van der Waals surface area contributed by atoms with Crippen molar-refractivity contribution in [1.82, 2.24) is 19.6 Å². The molecule has 0 spiro atoms. The lowest BCUT2D eigenvalue weighted by molar-refractivity contribution is 0.0467. The number of rotatable bonds is 5. The van der Waals surface area contributed by atoms with E-state index < -0.39 is 0 Å². The molecular formula is C21H30ClN5O2. The number of hydrogen-bond donors (Lipinski definition) is 2. The zero-order chi connectivity index (χ0) is 20.4. The van der Waals surface area contributed by atoms with Crippen molar-refractivity contribution < 1.29 is 9.53 Å². The van der Waals surface area contributed by atoms with Crippen LogP contribution in [-0.2, 0) is 4.74 Å². The standard InChI is InChI=1S/C21H30ClN5O2/c1-14-12-27-19(23)18(22)10-17(20(27)25-14)21(28)24-11-15-2-6-26(7-3-15)13-16-4-8-29-9-5-16/h10,12,15-16H,2-9,11,13,23H2,1H3,(H,24,28). The van der Waals surface area contributed by atoms with Gasteiger partial charge in [-0.25, -0.2) is 4.98 Å². The van der Waals surface area contributed by atoms with Crippen LogP contribution in [0.25, 0.3) is 5.65 Å². The first-order valence-corrected chi connectivity index (χ1v) is 10.9. The average molecular weight is 420 g/mol. The highest BCUT2D eigenvalue weighted by Crippen LogP contribution is 2.25. The average Bonchev–Trinajstić information content (AvgIpc) is 3.12. The summed E-state index contributed by atoms with van der Waals surface area (Å²) in [4.78, 5) is 19.8. The Morgan fingerprint density at radius 1 is 1.28 bits per heavy atom. The number of pyridine rings is 1. The Morgan fingerprint density at radius 2 is 2.00 bits per heavy atom. The monoisotopic (exact) mass is 419 g/mol. The number of nitrogens with one attached hydrogen (secondary N) is 1. The van der Waals surface area contributed by atoms with Crippen LogP contribution in [0.5, 0.6) is 0 Å². The van der Waals surface area contributed by atoms with Crippen LogP contribution in [0.2, 0.25) is 5.02 Å². The zero-order valence-electron chi connectivity index (χ0n) is 17.0. The summed E-state index contributed by atoms with van der Waals surface area (Å²) < 4.78 is 7.14. The van der Waals surface area contributed by atoms with E-state index in [2.05, 4.69) is 15.2 Å². The molecule has 0 aromatic carbocycles. The maximum Gasteiger partial charge on any atom is 0.255 e. The number of amides is 1. The van der Waals surface area contributed by atoms with Gasteiger partial charge in [0, 0.05) is 32.5 Å². The first kappa shape index (κ1) is 20.4. The third-order valence-corrected chi connectivity index (χ3v) is 6.51. The molecule has 7 nitrogen and oxygen atoms in total. The number of carbonyl (C=O) groups is 1. The lowest BCUT2D eigenvalue weighted by Crippen LogP contribution is -2.41. The normalized spacial score (nSPS) is 19.7. The molecule has 0 atom stereocenters. The number of imidazole rings is 1. The van der Waals surface area contributed by atoms with Gasteiger partial charge in [-0.2, -0.15) is 0 Å². The molecule has 8 heteroatoms. The van der Waals surface area contributed by atoms with Crippen molar-refractivity contribution in [3.8, 4) is 0 Å². The second kappa shape index (κ2) is 8.90. The Balaban J connectivity index is 1.30. The summed E-state index contributed by atoms with van der Waals surface area (Å²) in [7, 11) is 0. The van der Waals surface area contributed by atoms with E-state index >= 15 is 0 Å². The fourth-order valence-electron chi connectivity index (χ4n) is 4.42. The number of piperidine rings is 1. The fourth-order valence-corrected chi connectivity index (χ4v) is 4.62. The molecule has 4 heterocycles. The third kappa shape index (κ3) is 4.68. The molecule has 4 rings (SSSR count). The molecule has 1 amide bonds. The number of anilines is 1. The van der Waals surface area contributed by atoms with Gasteiger partial charge in [0.15, 0.2) is 5.65 Å². The Hall–Kier alpha value is -1.83. The van der Waals surface area contributed by atoms with Gasteiger partial charge in [0.25, 0.3) is 5.91 Å². The van der Waals surface area contributed by atoms with E-state index in [9.17, 15) is 4.79 Å². The van der Waals surface area contributed by atoms with Gasteiger partial charge in [0.2, 0.25) is 0 Å². The van der Waals surface area contributed by atoms with Gasteiger partial charge in [-0.3, -0.25) is 9.20 Å². The molecule has 158 valence electrons. The smallest absolute Gasteiger partial charge is 0.255 e. The van der Waals surface area contributed by atoms with Crippen molar-refractivity contribution in [1.29, 1.82) is 0 Å². The minimum atomic E-state index is -0.146. The number of nitrogens with two attached hydrogens (primary N) is 1. The number of hydrogen-bond acceptors (Lipinski definition) is 5. The van der Waals surface area contributed by atoms with Crippen LogP contribution in [0.1, 0.15) is 41.7 Å². The van der Waals surface area contributed by atoms with Crippen molar-refractivity contribution >= 4 is 29.0 Å². The molecular weight excluding hydrogens is 390 g/mol. The zero-order valence-corrected chi connectivity index (χ0v) is 17.7. The van der Waals surface area contributed by atoms with Crippen molar-refractivity contribution in [3.63, 3.8) is 0 Å². The Kier molecular flexibility index (Phi) is 6.27. The van der Waals surface area contributed by atoms with E-state index in [1.54, 1.807) is 16.7 Å². The van der Waals surface area contributed by atoms with Gasteiger partial charge in [-0.05, 0) is 63.6 Å². The van der Waals surface area contributed by atoms with Crippen LogP contribution in [0.3, 0.4) is 0 Å². The summed E-state index contributed by atoms with van der Waals surface area (Å²) in [6.07, 6.45) is 6.39. The van der Waals surface area contributed by atoms with E-state index in [1.807, 2.05) is 6.92 Å². The van der Waals surface area contributed by atoms with Crippen LogP contribution in [0.4, 0.5) is 5.82 Å². The first-order valence-electron chi connectivity index (χ1n) is 10.5. The van der Waals surface area contributed by atoms with E-state index in [0.29, 0.717) is 34.5 Å². The summed E-state index contributed by atoms with van der Waals surface area (Å²) >= 11 is 6.22. The minimum Gasteiger partial charge on any atom is -0.384 e. The molecule has 29 heavy (non-hydrogen) atoms. The molecule has 2 aliphatic rings. The van der Waals surface area contributed by atoms with Crippen LogP contribution >= 0.6 is 11.6 Å². The predicted octanol–water partition coefficient (Wildman–Crippen LogP) is 2.75. The highest BCUT2D eigenvalue weighted by Gasteiger charge is 2.24. The van der Waals surface area contributed by atoms with Crippen molar-refractivity contribution in [2.75, 3.05) is 45.1 Å². The number of aryl methyl sites for hydroxylation is 1. The SMILES string of the molecule is Cc1cn2c(N)c(Cl)cc(C(=O)NCC3CCN(CC4CCOCC4)CC3)c2n1. The molecule has 0 aliphatic carbocycles. The first-order chi connectivity index (χ1) is 14.0. The maximum atomic E-state index is 12.8. The van der Waals surface area contributed by atoms with Gasteiger partial charge in [-0.15, -0.1) is 0 Å². The van der Waals surface area contributed by atoms with E-state index in [1.165, 1.54) is 19.4 Å². The number of nitrogens with zero attached hydrogens (tertiary/aromatic N) is 3. The number of likely N-dealkylation sites (tertiary alicyclic amines) is 1. The maximum absolute atomic E-state index is 12.8. The van der Waals surface area contributed by atoms with Gasteiger partial charge in [0.1, 0.15) is 5.82 Å². The molecule has 0 unspecified atom stereocenters. The number of carbonyl (C=O) groups excluding carboxylic acids is 1. The highest BCUT2D eigenvalue weighted by molar-refractivity contribution is 6.33. The molecule has 3 N–H and O–H groups in total. The Bertz CT molecular complexity index is 870. The van der Waals surface area contributed by atoms with E-state index in [4.69, 9.17) is 22.1 Å². The number of fused-ring (bicyclic) bond motifs is 1. The topological polar surface area (TPSA) is 84.9 Å². The van der Waals surface area contributed by atoms with Crippen molar-refractivity contribution in [3.05, 3.63) is 28.5 Å². The number of halogens is 1. The Labute approximate surface area is 176 Å². The van der Waals surface area contributed by atoms with Crippen LogP contribution in [0.15, 0.2) is 12.3 Å². The second-order valence-corrected chi connectivity index (χ2v) is 8.78. The third-order valence-electron chi connectivity index (χ3n) is 6.20. The minimum absolute atomic E-state index is 0.146. The van der Waals surface area contributed by atoms with Crippen LogP contribution in [-0.4, -0.2) is 59.6 Å². The van der Waals surface area contributed by atoms with Crippen molar-refractivity contribution in [2.24, 2.45) is 11.8 Å². The number of nitrogen functional groups attached to an aromatic ring is 1. The molecule has 2 aliphatic heterocycles. The summed E-state index contributed by atoms with van der Waals surface area (Å²) in [5, 5.41) is 3.45. The second-order valence-electron chi connectivity index (χ2n) is 8.38. The molecule has 0 bridgehead atoms. The van der Waals surface area contributed by atoms with Gasteiger partial charge < -0.3 is 20.7 Å². The van der Waals surface area contributed by atoms with E-state index in [-0.39, 0.29) is 5.91 Å². The highest BCUT2D eigenvalue weighted by atomic mass is 35.5. The summed E-state index contributed by atoms with van der Waals surface area (Å²) in [5.41, 5.74) is 7.83. The van der Waals surface area contributed by atoms with Crippen LogP contribution < -0.4 is 11.1 Å². The molecule has 0 saturated carbocycles. The fraction of sp³-hybridized carbons (Fsp3) is 0.619. The predicted molar refractivity (Wildman–Crippen MR) is 114 cm³/mol. The molecule has 2 saturated heterocycles. The molecule has 0 radical (unpaired) electrons. The lowest BCUT2D eigenvalue weighted by Gasteiger charge is -2.35. The summed E-state index contributed by atoms with van der Waals surface area (Å²) in [5.74, 6) is 1.53. The summed E-state index contributed by atoms with van der Waals surface area (Å²) in [6.45, 7) is 7.76. The largest absolute Gasteiger partial charge is 0.384 e. The number of ether oxygens (including phenoxy) is 1. The van der Waals surface area contributed by atoms with Crippen molar-refractivity contribution in [2.45, 2.75) is 32.6 Å². The lowest BCUT2D eigenvalue weighted by atomic mass is 9.94.